The number of alkyl halides is 6. The number of nitrogens with one attached hydrogen (secondary N) is 2. The Morgan fingerprint density at radius 2 is 1.53 bits per heavy atom. The zero-order valence-electron chi connectivity index (χ0n) is 15.7. The minimum atomic E-state index is -4.98. The standard InChI is InChI=1S/C19H11ClF6N2O2S2/c1-30-16(29)15-14(20)12-3-2-10(7-13(12)32-15)27-17(31)28-11-5-8(18(21,22)23)4-9(6-11)19(24,25)26/h2-7H,1H3,(H2,27,28,31). The normalized spacial score (nSPS) is 12.0. The zero-order valence-corrected chi connectivity index (χ0v) is 18.1. The Hall–Kier alpha value is -2.57. The average molecular weight is 513 g/mol. The molecule has 0 aliphatic rings. The average Bonchev–Trinajstić information content (AvgIpc) is 3.01. The molecule has 1 heterocycles. The van der Waals surface area contributed by atoms with Gasteiger partial charge in [0.1, 0.15) is 4.88 Å². The molecule has 170 valence electrons. The third kappa shape index (κ3) is 5.25. The van der Waals surface area contributed by atoms with Gasteiger partial charge in [-0.15, -0.1) is 11.3 Å². The van der Waals surface area contributed by atoms with E-state index in [1.807, 2.05) is 0 Å². The summed E-state index contributed by atoms with van der Waals surface area (Å²) in [6.07, 6.45) is -9.96. The van der Waals surface area contributed by atoms with Crippen LogP contribution in [0.1, 0.15) is 20.8 Å². The SMILES string of the molecule is COC(=O)c1sc2cc(NC(=S)Nc3cc(C(F)(F)F)cc(C(F)(F)F)c3)ccc2c1Cl. The molecular weight excluding hydrogens is 502 g/mol. The predicted molar refractivity (Wildman–Crippen MR) is 114 cm³/mol. The molecule has 3 rings (SSSR count). The van der Waals surface area contributed by atoms with Gasteiger partial charge < -0.3 is 15.4 Å². The van der Waals surface area contributed by atoms with Crippen LogP contribution in [-0.2, 0) is 17.1 Å². The topological polar surface area (TPSA) is 50.4 Å². The fraction of sp³-hybridized carbons (Fsp3) is 0.158. The van der Waals surface area contributed by atoms with Gasteiger partial charge in [-0.05, 0) is 48.6 Å². The minimum absolute atomic E-state index is 0.0228. The summed E-state index contributed by atoms with van der Waals surface area (Å²) >= 11 is 12.2. The summed E-state index contributed by atoms with van der Waals surface area (Å²) in [5.41, 5.74) is -3.06. The molecule has 3 aromatic rings. The number of hydrogen-bond donors (Lipinski definition) is 2. The van der Waals surface area contributed by atoms with E-state index in [0.717, 1.165) is 11.3 Å². The number of carbonyl (C=O) groups excluding carboxylic acids is 1. The first-order chi connectivity index (χ1) is 14.8. The summed E-state index contributed by atoms with van der Waals surface area (Å²) in [6, 6.07) is 5.75. The number of rotatable bonds is 3. The molecule has 32 heavy (non-hydrogen) atoms. The lowest BCUT2D eigenvalue weighted by atomic mass is 10.1. The van der Waals surface area contributed by atoms with Gasteiger partial charge in [0.15, 0.2) is 5.11 Å². The van der Waals surface area contributed by atoms with Crippen LogP contribution >= 0.6 is 35.2 Å². The molecule has 0 amide bonds. The van der Waals surface area contributed by atoms with Gasteiger partial charge in [0, 0.05) is 21.5 Å². The van der Waals surface area contributed by atoms with Crippen molar-refractivity contribution in [2.24, 2.45) is 0 Å². The summed E-state index contributed by atoms with van der Waals surface area (Å²) in [7, 11) is 1.21. The number of methoxy groups -OCH3 is 1. The number of benzene rings is 2. The first-order valence-electron chi connectivity index (χ1n) is 8.47. The molecule has 0 aliphatic carbocycles. The molecule has 0 bridgehead atoms. The van der Waals surface area contributed by atoms with Crippen molar-refractivity contribution in [2.75, 3.05) is 17.7 Å². The highest BCUT2D eigenvalue weighted by Gasteiger charge is 2.37. The van der Waals surface area contributed by atoms with E-state index in [1.54, 1.807) is 12.1 Å². The van der Waals surface area contributed by atoms with Crippen LogP contribution in [0.5, 0.6) is 0 Å². The maximum Gasteiger partial charge on any atom is 0.416 e. The Morgan fingerprint density at radius 3 is 2.06 bits per heavy atom. The van der Waals surface area contributed by atoms with Crippen LogP contribution in [0.15, 0.2) is 36.4 Å². The van der Waals surface area contributed by atoms with Crippen molar-refractivity contribution in [1.29, 1.82) is 0 Å². The van der Waals surface area contributed by atoms with Crippen molar-refractivity contribution in [3.05, 3.63) is 57.4 Å². The van der Waals surface area contributed by atoms with Gasteiger partial charge in [0.25, 0.3) is 0 Å². The summed E-state index contributed by atoms with van der Waals surface area (Å²) < 4.78 is 83.2. The Morgan fingerprint density at radius 1 is 0.969 bits per heavy atom. The smallest absolute Gasteiger partial charge is 0.416 e. The van der Waals surface area contributed by atoms with E-state index in [1.165, 1.54) is 13.2 Å². The monoisotopic (exact) mass is 512 g/mol. The lowest BCUT2D eigenvalue weighted by Crippen LogP contribution is -2.20. The van der Waals surface area contributed by atoms with Crippen LogP contribution < -0.4 is 10.6 Å². The predicted octanol–water partition coefficient (Wildman–Crippen LogP) is 7.19. The van der Waals surface area contributed by atoms with Crippen LogP contribution in [0.3, 0.4) is 0 Å². The number of hydrogen-bond acceptors (Lipinski definition) is 4. The number of halogens is 7. The van der Waals surface area contributed by atoms with Crippen LogP contribution in [0.25, 0.3) is 10.1 Å². The molecule has 4 nitrogen and oxygen atoms in total. The second-order valence-electron chi connectivity index (χ2n) is 6.32. The van der Waals surface area contributed by atoms with Gasteiger partial charge >= 0.3 is 18.3 Å². The van der Waals surface area contributed by atoms with Gasteiger partial charge in [0.2, 0.25) is 0 Å². The van der Waals surface area contributed by atoms with Gasteiger partial charge in [-0.25, -0.2) is 4.79 Å². The van der Waals surface area contributed by atoms with Crippen LogP contribution in [0.2, 0.25) is 5.02 Å². The number of thiocarbonyl (C=S) groups is 1. The van der Waals surface area contributed by atoms with Gasteiger partial charge in [-0.3, -0.25) is 0 Å². The second kappa shape index (κ2) is 8.75. The summed E-state index contributed by atoms with van der Waals surface area (Å²) in [6.45, 7) is 0. The Bertz CT molecular complexity index is 1170. The number of anilines is 2. The van der Waals surface area contributed by atoms with E-state index in [0.29, 0.717) is 27.9 Å². The molecule has 0 spiro atoms. The van der Waals surface area contributed by atoms with E-state index < -0.39 is 35.1 Å². The number of thiophene rings is 1. The van der Waals surface area contributed by atoms with E-state index in [9.17, 15) is 31.1 Å². The summed E-state index contributed by atoms with van der Waals surface area (Å²) in [5.74, 6) is -0.618. The number of fused-ring (bicyclic) bond motifs is 1. The number of esters is 1. The van der Waals surface area contributed by atoms with E-state index in [2.05, 4.69) is 15.4 Å². The largest absolute Gasteiger partial charge is 0.465 e. The van der Waals surface area contributed by atoms with E-state index in [-0.39, 0.29) is 21.1 Å². The highest BCUT2D eigenvalue weighted by molar-refractivity contribution is 7.80. The fourth-order valence-corrected chi connectivity index (χ4v) is 4.39. The van der Waals surface area contributed by atoms with Crippen LogP contribution in [-0.4, -0.2) is 18.2 Å². The van der Waals surface area contributed by atoms with Crippen molar-refractivity contribution in [1.82, 2.24) is 0 Å². The van der Waals surface area contributed by atoms with Crippen LogP contribution in [0, 0.1) is 0 Å². The maximum atomic E-state index is 13.0. The third-order valence-electron chi connectivity index (χ3n) is 4.10. The lowest BCUT2D eigenvalue weighted by molar-refractivity contribution is -0.143. The minimum Gasteiger partial charge on any atom is -0.465 e. The molecule has 0 unspecified atom stereocenters. The Labute approximate surface area is 191 Å². The molecule has 2 N–H and O–H groups in total. The van der Waals surface area contributed by atoms with Crippen molar-refractivity contribution in [3.63, 3.8) is 0 Å². The Balaban J connectivity index is 1.85. The van der Waals surface area contributed by atoms with Crippen molar-refractivity contribution >= 4 is 67.7 Å². The van der Waals surface area contributed by atoms with Crippen molar-refractivity contribution < 1.29 is 35.9 Å². The molecule has 13 heteroatoms. The third-order valence-corrected chi connectivity index (χ3v) is 5.95. The molecule has 0 saturated carbocycles. The summed E-state index contributed by atoms with van der Waals surface area (Å²) in [5, 5.41) is 5.53. The highest BCUT2D eigenvalue weighted by atomic mass is 35.5. The Kier molecular flexibility index (Phi) is 6.59. The van der Waals surface area contributed by atoms with E-state index in [4.69, 9.17) is 23.8 Å². The molecule has 0 atom stereocenters. The van der Waals surface area contributed by atoms with Crippen LogP contribution in [0.4, 0.5) is 37.7 Å². The van der Waals surface area contributed by atoms with E-state index >= 15 is 0 Å². The van der Waals surface area contributed by atoms with Gasteiger partial charge in [-0.2, -0.15) is 26.3 Å². The molecule has 0 aliphatic heterocycles. The lowest BCUT2D eigenvalue weighted by Gasteiger charge is -2.16. The quantitative estimate of drug-likeness (QED) is 0.221. The number of ether oxygens (including phenoxy) is 1. The zero-order chi connectivity index (χ0) is 23.8. The molecular formula is C19H11ClF6N2O2S2. The second-order valence-corrected chi connectivity index (χ2v) is 8.16. The number of carbonyl (C=O) groups is 1. The first-order valence-corrected chi connectivity index (χ1v) is 10.1. The molecule has 0 saturated heterocycles. The van der Waals surface area contributed by atoms with Gasteiger partial charge in [0.05, 0.1) is 23.3 Å². The van der Waals surface area contributed by atoms with Crippen molar-refractivity contribution in [2.45, 2.75) is 12.4 Å². The maximum absolute atomic E-state index is 13.0. The molecule has 0 fully saturated rings. The summed E-state index contributed by atoms with van der Waals surface area (Å²) in [4.78, 5) is 11.9. The van der Waals surface area contributed by atoms with Crippen molar-refractivity contribution in [3.8, 4) is 0 Å². The molecule has 2 aromatic carbocycles. The molecule has 1 aromatic heterocycles. The molecule has 0 radical (unpaired) electrons. The first kappa shape index (κ1) is 24.1. The highest BCUT2D eigenvalue weighted by Crippen LogP contribution is 2.38. The fourth-order valence-electron chi connectivity index (χ4n) is 2.69. The van der Waals surface area contributed by atoms with Gasteiger partial charge in [-0.1, -0.05) is 11.6 Å².